The number of β-amino-alcohol motifs (C(OH)–C–C–N with tert-alkyl or cyclic N) is 1. The van der Waals surface area contributed by atoms with E-state index in [0.29, 0.717) is 11.9 Å². The Kier molecular flexibility index (Phi) is 4.06. The van der Waals surface area contributed by atoms with Gasteiger partial charge in [0.1, 0.15) is 0 Å². The molecule has 3 aromatic rings. The molecule has 4 rings (SSSR count). The van der Waals surface area contributed by atoms with Crippen LogP contribution in [-0.4, -0.2) is 29.3 Å². The molecule has 25 heavy (non-hydrogen) atoms. The summed E-state index contributed by atoms with van der Waals surface area (Å²) in [5.41, 5.74) is 3.95. The Labute approximate surface area is 146 Å². The Bertz CT molecular complexity index is 977. The number of fused-ring (bicyclic) bond motifs is 1. The Balaban J connectivity index is 1.77. The van der Waals surface area contributed by atoms with E-state index in [1.54, 1.807) is 0 Å². The molecule has 1 saturated heterocycles. The van der Waals surface area contributed by atoms with Gasteiger partial charge < -0.3 is 15.0 Å². The molecular formula is C21H22N2O2. The molecule has 1 atom stereocenters. The number of pyridine rings is 1. The SMILES string of the molecule is Cc1ccccc1-c1cc2ccc(N3CCCC(O)C3)cc2c(=O)[nH]1. The summed E-state index contributed by atoms with van der Waals surface area (Å²) in [6.07, 6.45) is 1.54. The largest absolute Gasteiger partial charge is 0.391 e. The van der Waals surface area contributed by atoms with E-state index >= 15 is 0 Å². The van der Waals surface area contributed by atoms with Crippen molar-refractivity contribution in [2.45, 2.75) is 25.9 Å². The van der Waals surface area contributed by atoms with E-state index in [0.717, 1.165) is 47.3 Å². The average Bonchev–Trinajstić information content (AvgIpc) is 2.62. The number of aromatic nitrogens is 1. The monoisotopic (exact) mass is 334 g/mol. The van der Waals surface area contributed by atoms with E-state index in [-0.39, 0.29) is 11.7 Å². The number of aliphatic hydroxyl groups excluding tert-OH is 1. The predicted molar refractivity (Wildman–Crippen MR) is 102 cm³/mol. The number of piperidine rings is 1. The zero-order chi connectivity index (χ0) is 17.4. The molecule has 1 aliphatic rings. The van der Waals surface area contributed by atoms with Crippen LogP contribution in [0.5, 0.6) is 0 Å². The summed E-state index contributed by atoms with van der Waals surface area (Å²) < 4.78 is 0. The van der Waals surface area contributed by atoms with Crippen molar-refractivity contribution >= 4 is 16.5 Å². The van der Waals surface area contributed by atoms with E-state index in [9.17, 15) is 9.90 Å². The van der Waals surface area contributed by atoms with Crippen LogP contribution in [0.15, 0.2) is 53.3 Å². The van der Waals surface area contributed by atoms with Gasteiger partial charge in [-0.25, -0.2) is 0 Å². The number of aromatic amines is 1. The zero-order valence-corrected chi connectivity index (χ0v) is 14.3. The Hall–Kier alpha value is -2.59. The van der Waals surface area contributed by atoms with Crippen molar-refractivity contribution in [1.29, 1.82) is 0 Å². The van der Waals surface area contributed by atoms with Gasteiger partial charge in [-0.15, -0.1) is 0 Å². The van der Waals surface area contributed by atoms with Gasteiger partial charge in [0.2, 0.25) is 0 Å². The summed E-state index contributed by atoms with van der Waals surface area (Å²) in [4.78, 5) is 17.8. The quantitative estimate of drug-likeness (QED) is 0.754. The van der Waals surface area contributed by atoms with Crippen molar-refractivity contribution in [2.24, 2.45) is 0 Å². The maximum absolute atomic E-state index is 12.7. The van der Waals surface area contributed by atoms with Crippen LogP contribution in [0.1, 0.15) is 18.4 Å². The number of H-pyrrole nitrogens is 1. The van der Waals surface area contributed by atoms with Crippen LogP contribution in [0, 0.1) is 6.92 Å². The molecule has 1 aromatic heterocycles. The van der Waals surface area contributed by atoms with Crippen LogP contribution in [0.2, 0.25) is 0 Å². The van der Waals surface area contributed by atoms with Gasteiger partial charge >= 0.3 is 0 Å². The average molecular weight is 334 g/mol. The number of benzene rings is 2. The molecule has 2 heterocycles. The molecule has 4 nitrogen and oxygen atoms in total. The number of aliphatic hydroxyl groups is 1. The highest BCUT2D eigenvalue weighted by molar-refractivity contribution is 5.88. The fourth-order valence-corrected chi connectivity index (χ4v) is 3.65. The van der Waals surface area contributed by atoms with Crippen molar-refractivity contribution in [3.8, 4) is 11.3 Å². The van der Waals surface area contributed by atoms with Gasteiger partial charge in [-0.05, 0) is 48.9 Å². The topological polar surface area (TPSA) is 56.3 Å². The molecule has 0 bridgehead atoms. The molecule has 1 unspecified atom stereocenters. The number of hydrogen-bond donors (Lipinski definition) is 2. The number of rotatable bonds is 2. The van der Waals surface area contributed by atoms with Crippen LogP contribution in [0.4, 0.5) is 5.69 Å². The van der Waals surface area contributed by atoms with E-state index in [1.807, 2.05) is 55.5 Å². The second-order valence-corrected chi connectivity index (χ2v) is 6.84. The number of nitrogens with one attached hydrogen (secondary N) is 1. The predicted octanol–water partition coefficient (Wildman–Crippen LogP) is 3.46. The first-order valence-electron chi connectivity index (χ1n) is 8.78. The minimum absolute atomic E-state index is 0.0739. The third kappa shape index (κ3) is 3.05. The Morgan fingerprint density at radius 1 is 1.16 bits per heavy atom. The summed E-state index contributed by atoms with van der Waals surface area (Å²) in [5.74, 6) is 0. The fraction of sp³-hybridized carbons (Fsp3) is 0.286. The van der Waals surface area contributed by atoms with E-state index in [2.05, 4.69) is 9.88 Å². The summed E-state index contributed by atoms with van der Waals surface area (Å²) in [5, 5.41) is 11.5. The Morgan fingerprint density at radius 2 is 2.00 bits per heavy atom. The highest BCUT2D eigenvalue weighted by Crippen LogP contribution is 2.26. The minimum atomic E-state index is -0.286. The standard InChI is InChI=1S/C21H22N2O2/c1-14-5-2-3-7-18(14)20-11-15-8-9-16(12-19(15)21(25)22-20)23-10-4-6-17(24)13-23/h2-3,5,7-9,11-12,17,24H,4,6,10,13H2,1H3,(H,22,25). The van der Waals surface area contributed by atoms with Crippen molar-refractivity contribution in [3.05, 3.63) is 64.4 Å². The highest BCUT2D eigenvalue weighted by atomic mass is 16.3. The zero-order valence-electron chi connectivity index (χ0n) is 14.3. The maximum atomic E-state index is 12.7. The van der Waals surface area contributed by atoms with Gasteiger partial charge in [-0.2, -0.15) is 0 Å². The van der Waals surface area contributed by atoms with Crippen molar-refractivity contribution in [3.63, 3.8) is 0 Å². The minimum Gasteiger partial charge on any atom is -0.391 e. The molecule has 0 spiro atoms. The lowest BCUT2D eigenvalue weighted by molar-refractivity contribution is 0.154. The van der Waals surface area contributed by atoms with Crippen molar-refractivity contribution < 1.29 is 5.11 Å². The van der Waals surface area contributed by atoms with Gasteiger partial charge in [0.25, 0.3) is 5.56 Å². The lowest BCUT2D eigenvalue weighted by atomic mass is 10.0. The second-order valence-electron chi connectivity index (χ2n) is 6.84. The lowest BCUT2D eigenvalue weighted by Gasteiger charge is -2.32. The van der Waals surface area contributed by atoms with Crippen molar-refractivity contribution in [2.75, 3.05) is 18.0 Å². The molecular weight excluding hydrogens is 312 g/mol. The molecule has 2 aromatic carbocycles. The first kappa shape index (κ1) is 15.9. The molecule has 0 radical (unpaired) electrons. The Morgan fingerprint density at radius 3 is 2.80 bits per heavy atom. The van der Waals surface area contributed by atoms with E-state index in [4.69, 9.17) is 0 Å². The number of aryl methyl sites for hydroxylation is 1. The number of anilines is 1. The van der Waals surface area contributed by atoms with Crippen LogP contribution in [0.25, 0.3) is 22.0 Å². The van der Waals surface area contributed by atoms with Gasteiger partial charge in [0, 0.05) is 35.4 Å². The summed E-state index contributed by atoms with van der Waals surface area (Å²) in [6, 6.07) is 16.1. The van der Waals surface area contributed by atoms with Gasteiger partial charge in [-0.1, -0.05) is 30.3 Å². The molecule has 1 fully saturated rings. The molecule has 0 saturated carbocycles. The highest BCUT2D eigenvalue weighted by Gasteiger charge is 2.18. The first-order chi connectivity index (χ1) is 12.1. The normalized spacial score (nSPS) is 17.8. The third-order valence-corrected chi connectivity index (χ3v) is 5.03. The van der Waals surface area contributed by atoms with Crippen LogP contribution >= 0.6 is 0 Å². The van der Waals surface area contributed by atoms with E-state index < -0.39 is 0 Å². The van der Waals surface area contributed by atoms with Gasteiger partial charge in [-0.3, -0.25) is 4.79 Å². The summed E-state index contributed by atoms with van der Waals surface area (Å²) in [7, 11) is 0. The van der Waals surface area contributed by atoms with Crippen molar-refractivity contribution in [1.82, 2.24) is 4.98 Å². The van der Waals surface area contributed by atoms with Gasteiger partial charge in [0.15, 0.2) is 0 Å². The van der Waals surface area contributed by atoms with Crippen LogP contribution < -0.4 is 10.5 Å². The van der Waals surface area contributed by atoms with Gasteiger partial charge in [0.05, 0.1) is 6.10 Å². The molecule has 0 amide bonds. The summed E-state index contributed by atoms with van der Waals surface area (Å²) >= 11 is 0. The smallest absolute Gasteiger partial charge is 0.256 e. The maximum Gasteiger partial charge on any atom is 0.256 e. The number of hydrogen-bond acceptors (Lipinski definition) is 3. The summed E-state index contributed by atoms with van der Waals surface area (Å²) in [6.45, 7) is 3.59. The molecule has 1 aliphatic heterocycles. The van der Waals surface area contributed by atoms with E-state index in [1.165, 1.54) is 0 Å². The second kappa shape index (κ2) is 6.37. The molecule has 128 valence electrons. The first-order valence-corrected chi connectivity index (χ1v) is 8.78. The third-order valence-electron chi connectivity index (χ3n) is 5.03. The number of nitrogens with zero attached hydrogens (tertiary/aromatic N) is 1. The molecule has 0 aliphatic carbocycles. The molecule has 2 N–H and O–H groups in total. The van der Waals surface area contributed by atoms with Crippen LogP contribution in [-0.2, 0) is 0 Å². The molecule has 4 heteroatoms. The lowest BCUT2D eigenvalue weighted by Crippen LogP contribution is -2.38. The fourth-order valence-electron chi connectivity index (χ4n) is 3.65. The van der Waals surface area contributed by atoms with Crippen LogP contribution in [0.3, 0.4) is 0 Å².